The summed E-state index contributed by atoms with van der Waals surface area (Å²) in [6.07, 6.45) is 1.71. The third-order valence-electron chi connectivity index (χ3n) is 3.09. The average molecular weight is 321 g/mol. The molecule has 0 aliphatic heterocycles. The van der Waals surface area contributed by atoms with E-state index in [1.807, 2.05) is 0 Å². The molecule has 1 aromatic rings. The van der Waals surface area contributed by atoms with Crippen LogP contribution in [0.1, 0.15) is 18.9 Å². The molecule has 0 aromatic heterocycles. The Kier molecular flexibility index (Phi) is 6.92. The lowest BCUT2D eigenvalue weighted by molar-refractivity contribution is -0.130. The van der Waals surface area contributed by atoms with Crippen molar-refractivity contribution in [3.8, 4) is 0 Å². The van der Waals surface area contributed by atoms with Gasteiger partial charge in [0.2, 0.25) is 17.7 Å². The number of benzene rings is 1. The summed E-state index contributed by atoms with van der Waals surface area (Å²) in [4.78, 5) is 34.9. The van der Waals surface area contributed by atoms with Crippen molar-refractivity contribution in [3.05, 3.63) is 48.3 Å². The highest BCUT2D eigenvalue weighted by atomic mass is 19.1. The van der Waals surface area contributed by atoms with Crippen LogP contribution < -0.4 is 16.4 Å². The predicted octanol–water partition coefficient (Wildman–Crippen LogP) is 0.419. The lowest BCUT2D eigenvalue weighted by Crippen LogP contribution is -2.53. The molecule has 4 N–H and O–H groups in total. The van der Waals surface area contributed by atoms with Gasteiger partial charge in [0.1, 0.15) is 17.9 Å². The van der Waals surface area contributed by atoms with Crippen LogP contribution in [0, 0.1) is 5.82 Å². The van der Waals surface area contributed by atoms with E-state index >= 15 is 0 Å². The van der Waals surface area contributed by atoms with Gasteiger partial charge in [0.05, 0.1) is 0 Å². The van der Waals surface area contributed by atoms with Gasteiger partial charge in [0.15, 0.2) is 0 Å². The van der Waals surface area contributed by atoms with Crippen LogP contribution in [0.4, 0.5) is 4.39 Å². The van der Waals surface area contributed by atoms with E-state index in [9.17, 15) is 18.8 Å². The Bertz CT molecular complexity index is 604. The van der Waals surface area contributed by atoms with E-state index in [2.05, 4.69) is 17.2 Å². The summed E-state index contributed by atoms with van der Waals surface area (Å²) in [6, 6.07) is 3.85. The molecule has 0 radical (unpaired) electrons. The minimum Gasteiger partial charge on any atom is -0.368 e. The van der Waals surface area contributed by atoms with E-state index in [1.54, 1.807) is 6.07 Å². The van der Waals surface area contributed by atoms with Crippen molar-refractivity contribution in [1.29, 1.82) is 0 Å². The fraction of sp³-hybridized carbons (Fsp3) is 0.312. The topological polar surface area (TPSA) is 101 Å². The first-order valence-electron chi connectivity index (χ1n) is 7.05. The van der Waals surface area contributed by atoms with E-state index < -0.39 is 35.6 Å². The van der Waals surface area contributed by atoms with Gasteiger partial charge < -0.3 is 16.4 Å². The zero-order valence-electron chi connectivity index (χ0n) is 12.8. The number of halogens is 1. The fourth-order valence-corrected chi connectivity index (χ4v) is 2.04. The lowest BCUT2D eigenvalue weighted by atomic mass is 10.0. The number of hydrogen-bond donors (Lipinski definition) is 3. The van der Waals surface area contributed by atoms with Crippen LogP contribution in [-0.4, -0.2) is 29.8 Å². The number of carbonyl (C=O) groups excluding carboxylic acids is 3. The summed E-state index contributed by atoms with van der Waals surface area (Å²) < 4.78 is 13.2. The van der Waals surface area contributed by atoms with Crippen LogP contribution >= 0.6 is 0 Å². The molecular formula is C16H20FN3O3. The SMILES string of the molecule is C=CC[C@H](NC(=O)[C@@H](Cc1cccc(F)c1)NC(C)=O)C(N)=O. The summed E-state index contributed by atoms with van der Waals surface area (Å²) in [5.41, 5.74) is 5.75. The van der Waals surface area contributed by atoms with Crippen LogP contribution in [0.2, 0.25) is 0 Å². The van der Waals surface area contributed by atoms with E-state index in [1.165, 1.54) is 31.2 Å². The molecule has 0 fully saturated rings. The minimum atomic E-state index is -0.944. The molecular weight excluding hydrogens is 301 g/mol. The van der Waals surface area contributed by atoms with Gasteiger partial charge in [0, 0.05) is 13.3 Å². The van der Waals surface area contributed by atoms with Gasteiger partial charge in [0.25, 0.3) is 0 Å². The highest BCUT2D eigenvalue weighted by Crippen LogP contribution is 2.07. The van der Waals surface area contributed by atoms with E-state index in [-0.39, 0.29) is 12.8 Å². The number of amides is 3. The maximum atomic E-state index is 13.2. The monoisotopic (exact) mass is 321 g/mol. The zero-order chi connectivity index (χ0) is 17.4. The summed E-state index contributed by atoms with van der Waals surface area (Å²) in [5.74, 6) is -2.13. The fourth-order valence-electron chi connectivity index (χ4n) is 2.04. The molecule has 0 aliphatic rings. The Hall–Kier alpha value is -2.70. The molecule has 1 aromatic carbocycles. The Morgan fingerprint density at radius 1 is 1.30 bits per heavy atom. The van der Waals surface area contributed by atoms with Crippen molar-refractivity contribution < 1.29 is 18.8 Å². The Morgan fingerprint density at radius 2 is 2.00 bits per heavy atom. The molecule has 3 amide bonds. The van der Waals surface area contributed by atoms with Crippen molar-refractivity contribution in [3.63, 3.8) is 0 Å². The Morgan fingerprint density at radius 3 is 2.52 bits per heavy atom. The van der Waals surface area contributed by atoms with Crippen LogP contribution in [-0.2, 0) is 20.8 Å². The maximum Gasteiger partial charge on any atom is 0.243 e. The normalized spacial score (nSPS) is 12.8. The summed E-state index contributed by atoms with van der Waals surface area (Å²) in [6.45, 7) is 4.76. The molecule has 0 spiro atoms. The first-order valence-corrected chi connectivity index (χ1v) is 7.05. The van der Waals surface area contributed by atoms with Gasteiger partial charge in [-0.25, -0.2) is 4.39 Å². The lowest BCUT2D eigenvalue weighted by Gasteiger charge is -2.21. The van der Waals surface area contributed by atoms with E-state index in [4.69, 9.17) is 5.73 Å². The Labute approximate surface area is 133 Å². The summed E-state index contributed by atoms with van der Waals surface area (Å²) in [5, 5.41) is 4.95. The summed E-state index contributed by atoms with van der Waals surface area (Å²) >= 11 is 0. The molecule has 7 heteroatoms. The van der Waals surface area contributed by atoms with E-state index in [0.717, 1.165) is 0 Å². The van der Waals surface area contributed by atoms with Gasteiger partial charge in [-0.05, 0) is 24.1 Å². The molecule has 0 aliphatic carbocycles. The molecule has 1 rings (SSSR count). The van der Waals surface area contributed by atoms with Crippen LogP contribution in [0.5, 0.6) is 0 Å². The smallest absolute Gasteiger partial charge is 0.243 e. The molecule has 6 nitrogen and oxygen atoms in total. The van der Waals surface area contributed by atoms with Crippen LogP contribution in [0.15, 0.2) is 36.9 Å². The second kappa shape index (κ2) is 8.67. The zero-order valence-corrected chi connectivity index (χ0v) is 12.8. The molecule has 23 heavy (non-hydrogen) atoms. The van der Waals surface area contributed by atoms with Crippen LogP contribution in [0.3, 0.4) is 0 Å². The molecule has 0 saturated heterocycles. The largest absolute Gasteiger partial charge is 0.368 e. The van der Waals surface area contributed by atoms with Gasteiger partial charge in [-0.15, -0.1) is 6.58 Å². The van der Waals surface area contributed by atoms with Crippen molar-refractivity contribution >= 4 is 17.7 Å². The first-order chi connectivity index (χ1) is 10.8. The predicted molar refractivity (Wildman–Crippen MR) is 83.6 cm³/mol. The van der Waals surface area contributed by atoms with Gasteiger partial charge in [-0.3, -0.25) is 14.4 Å². The summed E-state index contributed by atoms with van der Waals surface area (Å²) in [7, 11) is 0. The minimum absolute atomic E-state index is 0.0861. The van der Waals surface area contributed by atoms with Crippen molar-refractivity contribution in [2.24, 2.45) is 5.73 Å². The van der Waals surface area contributed by atoms with Gasteiger partial charge in [-0.2, -0.15) is 0 Å². The number of primary amides is 1. The standard InChI is InChI=1S/C16H20FN3O3/c1-3-5-13(15(18)22)20-16(23)14(19-10(2)21)9-11-6-4-7-12(17)8-11/h3-4,6-8,13-14H,1,5,9H2,2H3,(H2,18,22)(H,19,21)(H,20,23)/t13-,14+/m0/s1. The molecule has 0 heterocycles. The number of carbonyl (C=O) groups is 3. The van der Waals surface area contributed by atoms with Crippen LogP contribution in [0.25, 0.3) is 0 Å². The van der Waals surface area contributed by atoms with Crippen molar-refractivity contribution in [2.45, 2.75) is 31.8 Å². The first kappa shape index (κ1) is 18.3. The number of hydrogen-bond acceptors (Lipinski definition) is 3. The van der Waals surface area contributed by atoms with Gasteiger partial charge >= 0.3 is 0 Å². The second-order valence-electron chi connectivity index (χ2n) is 5.08. The molecule has 2 atom stereocenters. The van der Waals surface area contributed by atoms with Crippen molar-refractivity contribution in [2.75, 3.05) is 0 Å². The number of nitrogens with two attached hydrogens (primary N) is 1. The van der Waals surface area contributed by atoms with E-state index in [0.29, 0.717) is 5.56 Å². The molecule has 0 unspecified atom stereocenters. The Balaban J connectivity index is 2.87. The highest BCUT2D eigenvalue weighted by Gasteiger charge is 2.24. The number of nitrogens with one attached hydrogen (secondary N) is 2. The third-order valence-corrected chi connectivity index (χ3v) is 3.09. The second-order valence-corrected chi connectivity index (χ2v) is 5.08. The quantitative estimate of drug-likeness (QED) is 0.605. The number of rotatable bonds is 8. The molecule has 124 valence electrons. The van der Waals surface area contributed by atoms with Crippen molar-refractivity contribution in [1.82, 2.24) is 10.6 Å². The average Bonchev–Trinajstić information content (AvgIpc) is 2.45. The molecule has 0 bridgehead atoms. The van der Waals surface area contributed by atoms with Gasteiger partial charge in [-0.1, -0.05) is 18.2 Å². The third kappa shape index (κ3) is 6.29. The highest BCUT2D eigenvalue weighted by molar-refractivity contribution is 5.91. The molecule has 0 saturated carbocycles. The maximum absolute atomic E-state index is 13.2.